The van der Waals surface area contributed by atoms with E-state index < -0.39 is 0 Å². The SMILES string of the molecule is O=C(NCC1([NH+]2CCOCC2)CCCCC1)c1cccc(F)c1. The molecule has 0 aromatic heterocycles. The first kappa shape index (κ1) is 16.4. The number of hydrogen-bond donors (Lipinski definition) is 2. The van der Waals surface area contributed by atoms with Crippen molar-refractivity contribution in [1.82, 2.24) is 5.32 Å². The van der Waals surface area contributed by atoms with Crippen molar-refractivity contribution in [2.24, 2.45) is 0 Å². The zero-order valence-electron chi connectivity index (χ0n) is 13.6. The minimum atomic E-state index is -0.371. The van der Waals surface area contributed by atoms with Gasteiger partial charge in [0, 0.05) is 18.4 Å². The van der Waals surface area contributed by atoms with Crippen molar-refractivity contribution in [1.29, 1.82) is 0 Å². The first-order chi connectivity index (χ1) is 11.2. The molecule has 0 unspecified atom stereocenters. The van der Waals surface area contributed by atoms with E-state index in [1.807, 2.05) is 0 Å². The number of hydrogen-bond acceptors (Lipinski definition) is 2. The van der Waals surface area contributed by atoms with Crippen LogP contribution in [0.1, 0.15) is 42.5 Å². The molecular formula is C18H26FN2O2+. The quantitative estimate of drug-likeness (QED) is 0.874. The van der Waals surface area contributed by atoms with E-state index >= 15 is 0 Å². The molecule has 0 radical (unpaired) electrons. The minimum absolute atomic E-state index is 0.116. The number of amides is 1. The summed E-state index contributed by atoms with van der Waals surface area (Å²) in [5, 5.41) is 3.07. The van der Waals surface area contributed by atoms with E-state index in [4.69, 9.17) is 4.74 Å². The van der Waals surface area contributed by atoms with E-state index in [9.17, 15) is 9.18 Å². The van der Waals surface area contributed by atoms with Crippen molar-refractivity contribution in [3.05, 3.63) is 35.6 Å². The van der Waals surface area contributed by atoms with Gasteiger partial charge in [-0.25, -0.2) is 4.39 Å². The highest BCUT2D eigenvalue weighted by Crippen LogP contribution is 2.25. The van der Waals surface area contributed by atoms with Crippen LogP contribution in [0.25, 0.3) is 0 Å². The molecule has 2 aliphatic rings. The molecule has 1 saturated heterocycles. The number of carbonyl (C=O) groups is 1. The van der Waals surface area contributed by atoms with Crippen LogP contribution in [0.2, 0.25) is 0 Å². The van der Waals surface area contributed by atoms with Gasteiger partial charge in [0.15, 0.2) is 0 Å². The summed E-state index contributed by atoms with van der Waals surface area (Å²) < 4.78 is 18.8. The second kappa shape index (κ2) is 7.41. The molecule has 2 fully saturated rings. The van der Waals surface area contributed by atoms with E-state index in [-0.39, 0.29) is 17.3 Å². The summed E-state index contributed by atoms with van der Waals surface area (Å²) in [6.07, 6.45) is 6.02. The number of benzene rings is 1. The van der Waals surface area contributed by atoms with Gasteiger partial charge in [-0.2, -0.15) is 0 Å². The van der Waals surface area contributed by atoms with Crippen molar-refractivity contribution < 1.29 is 18.8 Å². The molecule has 126 valence electrons. The lowest BCUT2D eigenvalue weighted by Crippen LogP contribution is -3.23. The van der Waals surface area contributed by atoms with Gasteiger partial charge in [0.1, 0.15) is 24.4 Å². The van der Waals surface area contributed by atoms with Gasteiger partial charge < -0.3 is 15.0 Å². The molecule has 5 heteroatoms. The summed E-state index contributed by atoms with van der Waals surface area (Å²) in [6, 6.07) is 5.89. The first-order valence-electron chi connectivity index (χ1n) is 8.66. The Hall–Kier alpha value is -1.46. The van der Waals surface area contributed by atoms with Gasteiger partial charge in [-0.05, 0) is 31.0 Å². The van der Waals surface area contributed by atoms with E-state index in [0.717, 1.165) is 39.1 Å². The van der Waals surface area contributed by atoms with Gasteiger partial charge >= 0.3 is 0 Å². The predicted octanol–water partition coefficient (Wildman–Crippen LogP) is 1.17. The number of morpholine rings is 1. The number of quaternary nitrogens is 1. The maximum atomic E-state index is 13.3. The van der Waals surface area contributed by atoms with Gasteiger partial charge in [0.25, 0.3) is 5.91 Å². The van der Waals surface area contributed by atoms with Gasteiger partial charge in [-0.15, -0.1) is 0 Å². The normalized spacial score (nSPS) is 21.8. The monoisotopic (exact) mass is 321 g/mol. The maximum absolute atomic E-state index is 13.3. The molecule has 2 N–H and O–H groups in total. The number of carbonyl (C=O) groups excluding carboxylic acids is 1. The van der Waals surface area contributed by atoms with Gasteiger partial charge in [-0.3, -0.25) is 4.79 Å². The third kappa shape index (κ3) is 3.90. The van der Waals surface area contributed by atoms with Crippen LogP contribution in [0.4, 0.5) is 4.39 Å². The minimum Gasteiger partial charge on any atom is -0.370 e. The molecule has 3 rings (SSSR count). The Morgan fingerprint density at radius 2 is 1.96 bits per heavy atom. The third-order valence-electron chi connectivity index (χ3n) is 5.33. The van der Waals surface area contributed by atoms with Gasteiger partial charge in [-0.1, -0.05) is 12.5 Å². The fraction of sp³-hybridized carbons (Fsp3) is 0.611. The Morgan fingerprint density at radius 3 is 2.65 bits per heavy atom. The van der Waals surface area contributed by atoms with E-state index in [1.165, 1.54) is 31.4 Å². The molecular weight excluding hydrogens is 295 g/mol. The molecule has 1 aromatic carbocycles. The van der Waals surface area contributed by atoms with Crippen LogP contribution in [0.5, 0.6) is 0 Å². The Labute approximate surface area is 137 Å². The summed E-state index contributed by atoms with van der Waals surface area (Å²) in [6.45, 7) is 4.28. The summed E-state index contributed by atoms with van der Waals surface area (Å²) in [7, 11) is 0. The molecule has 1 aliphatic heterocycles. The van der Waals surface area contributed by atoms with Crippen LogP contribution in [0.15, 0.2) is 24.3 Å². The van der Waals surface area contributed by atoms with Crippen molar-refractivity contribution in [3.63, 3.8) is 0 Å². The Morgan fingerprint density at radius 1 is 1.22 bits per heavy atom. The number of rotatable bonds is 4. The molecule has 4 nitrogen and oxygen atoms in total. The van der Waals surface area contributed by atoms with Crippen molar-refractivity contribution in [2.45, 2.75) is 37.6 Å². The molecule has 1 aromatic rings. The summed E-state index contributed by atoms with van der Waals surface area (Å²) in [4.78, 5) is 13.9. The molecule has 23 heavy (non-hydrogen) atoms. The highest BCUT2D eigenvalue weighted by atomic mass is 19.1. The average molecular weight is 321 g/mol. The lowest BCUT2D eigenvalue weighted by molar-refractivity contribution is -0.960. The Bertz CT molecular complexity index is 538. The molecule has 1 heterocycles. The smallest absolute Gasteiger partial charge is 0.251 e. The fourth-order valence-electron chi connectivity index (χ4n) is 4.01. The van der Waals surface area contributed by atoms with E-state index in [0.29, 0.717) is 12.1 Å². The zero-order chi connectivity index (χ0) is 16.1. The zero-order valence-corrected chi connectivity index (χ0v) is 13.6. The second-order valence-electron chi connectivity index (χ2n) is 6.75. The molecule has 0 bridgehead atoms. The summed E-state index contributed by atoms with van der Waals surface area (Å²) >= 11 is 0. The standard InChI is InChI=1S/C18H25FN2O2/c19-16-6-4-5-15(13-16)17(22)20-14-18(7-2-1-3-8-18)21-9-11-23-12-10-21/h4-6,13H,1-3,7-12,14H2,(H,20,22)/p+1. The molecule has 1 saturated carbocycles. The lowest BCUT2D eigenvalue weighted by atomic mass is 9.79. The van der Waals surface area contributed by atoms with Crippen LogP contribution in [0.3, 0.4) is 0 Å². The molecule has 1 amide bonds. The van der Waals surface area contributed by atoms with Gasteiger partial charge in [0.2, 0.25) is 0 Å². The second-order valence-corrected chi connectivity index (χ2v) is 6.75. The largest absolute Gasteiger partial charge is 0.370 e. The van der Waals surface area contributed by atoms with E-state index in [2.05, 4.69) is 5.32 Å². The average Bonchev–Trinajstić information content (AvgIpc) is 2.61. The van der Waals surface area contributed by atoms with Crippen LogP contribution in [-0.4, -0.2) is 44.3 Å². The van der Waals surface area contributed by atoms with E-state index in [1.54, 1.807) is 17.0 Å². The van der Waals surface area contributed by atoms with Gasteiger partial charge in [0.05, 0.1) is 19.8 Å². The van der Waals surface area contributed by atoms with Crippen molar-refractivity contribution >= 4 is 5.91 Å². The Kier molecular flexibility index (Phi) is 5.28. The molecule has 0 atom stereocenters. The summed E-state index contributed by atoms with van der Waals surface area (Å²) in [5.74, 6) is -0.550. The number of halogens is 1. The predicted molar refractivity (Wildman–Crippen MR) is 86.1 cm³/mol. The lowest BCUT2D eigenvalue weighted by Gasteiger charge is -2.45. The highest BCUT2D eigenvalue weighted by molar-refractivity contribution is 5.94. The third-order valence-corrected chi connectivity index (χ3v) is 5.33. The van der Waals surface area contributed by atoms with Crippen LogP contribution in [0, 0.1) is 5.82 Å². The molecule has 0 spiro atoms. The molecule has 1 aliphatic carbocycles. The Balaban J connectivity index is 1.67. The van der Waals surface area contributed by atoms with Crippen molar-refractivity contribution in [3.8, 4) is 0 Å². The maximum Gasteiger partial charge on any atom is 0.251 e. The first-order valence-corrected chi connectivity index (χ1v) is 8.66. The van der Waals surface area contributed by atoms with Crippen molar-refractivity contribution in [2.75, 3.05) is 32.8 Å². The topological polar surface area (TPSA) is 42.8 Å². The van der Waals surface area contributed by atoms with Crippen LogP contribution >= 0.6 is 0 Å². The van der Waals surface area contributed by atoms with Crippen LogP contribution < -0.4 is 10.2 Å². The van der Waals surface area contributed by atoms with Crippen LogP contribution in [-0.2, 0) is 4.74 Å². The fourth-order valence-corrected chi connectivity index (χ4v) is 4.01. The number of ether oxygens (including phenoxy) is 1. The summed E-state index contributed by atoms with van der Waals surface area (Å²) in [5.41, 5.74) is 0.512. The highest BCUT2D eigenvalue weighted by Gasteiger charge is 2.42. The number of nitrogens with one attached hydrogen (secondary N) is 2.